The Morgan fingerprint density at radius 1 is 1.29 bits per heavy atom. The topological polar surface area (TPSA) is 38.5 Å². The molecule has 0 aromatic carbocycles. The maximum Gasteiger partial charge on any atom is 0.0484 e. The van der Waals surface area contributed by atoms with Crippen LogP contribution in [0.25, 0.3) is 0 Å². The third-order valence-corrected chi connectivity index (χ3v) is 4.52. The van der Waals surface area contributed by atoms with Gasteiger partial charge in [0, 0.05) is 31.8 Å². The number of ether oxygens (including phenoxy) is 1. The SMILES string of the molecule is CC(C)(C)C1CCN(CC2(N)CCOCC2)C1. The van der Waals surface area contributed by atoms with Crippen LogP contribution in [0.1, 0.15) is 40.0 Å². The van der Waals surface area contributed by atoms with Gasteiger partial charge >= 0.3 is 0 Å². The van der Waals surface area contributed by atoms with E-state index in [-0.39, 0.29) is 5.54 Å². The fourth-order valence-corrected chi connectivity index (χ4v) is 3.06. The smallest absolute Gasteiger partial charge is 0.0484 e. The second-order valence-corrected chi connectivity index (χ2v) is 7.06. The summed E-state index contributed by atoms with van der Waals surface area (Å²) in [4.78, 5) is 2.57. The standard InChI is InChI=1S/C14H28N2O/c1-13(2,3)12-4-7-16(10-12)11-14(15)5-8-17-9-6-14/h12H,4-11,15H2,1-3H3. The molecular weight excluding hydrogens is 212 g/mol. The quantitative estimate of drug-likeness (QED) is 0.801. The third kappa shape index (κ3) is 3.43. The van der Waals surface area contributed by atoms with E-state index in [4.69, 9.17) is 10.5 Å². The Morgan fingerprint density at radius 3 is 2.47 bits per heavy atom. The van der Waals surface area contributed by atoms with E-state index in [9.17, 15) is 0 Å². The van der Waals surface area contributed by atoms with E-state index < -0.39 is 0 Å². The van der Waals surface area contributed by atoms with Gasteiger partial charge in [0.2, 0.25) is 0 Å². The molecule has 0 bridgehead atoms. The normalized spacial score (nSPS) is 30.7. The molecule has 2 aliphatic rings. The van der Waals surface area contributed by atoms with Gasteiger partial charge in [-0.25, -0.2) is 0 Å². The molecule has 17 heavy (non-hydrogen) atoms. The lowest BCUT2D eigenvalue weighted by Crippen LogP contribution is -2.53. The van der Waals surface area contributed by atoms with E-state index in [0.29, 0.717) is 5.41 Å². The molecule has 2 heterocycles. The van der Waals surface area contributed by atoms with Gasteiger partial charge in [0.1, 0.15) is 0 Å². The highest BCUT2D eigenvalue weighted by atomic mass is 16.5. The zero-order chi connectivity index (χ0) is 12.5. The van der Waals surface area contributed by atoms with Crippen molar-refractivity contribution in [2.24, 2.45) is 17.1 Å². The van der Waals surface area contributed by atoms with Gasteiger partial charge in [-0.2, -0.15) is 0 Å². The minimum absolute atomic E-state index is 0.00498. The first kappa shape index (κ1) is 13.3. The lowest BCUT2D eigenvalue weighted by molar-refractivity contribution is 0.0396. The zero-order valence-corrected chi connectivity index (χ0v) is 11.7. The molecule has 0 aliphatic carbocycles. The molecule has 2 saturated heterocycles. The highest BCUT2D eigenvalue weighted by molar-refractivity contribution is 4.93. The number of nitrogens with zero attached hydrogens (tertiary/aromatic N) is 1. The predicted molar refractivity (Wildman–Crippen MR) is 71.0 cm³/mol. The van der Waals surface area contributed by atoms with E-state index in [2.05, 4.69) is 25.7 Å². The second-order valence-electron chi connectivity index (χ2n) is 7.06. The van der Waals surface area contributed by atoms with Gasteiger partial charge in [0.05, 0.1) is 0 Å². The Morgan fingerprint density at radius 2 is 1.94 bits per heavy atom. The van der Waals surface area contributed by atoms with Crippen molar-refractivity contribution in [2.75, 3.05) is 32.8 Å². The monoisotopic (exact) mass is 240 g/mol. The van der Waals surface area contributed by atoms with Crippen LogP contribution in [0.15, 0.2) is 0 Å². The van der Waals surface area contributed by atoms with Crippen LogP contribution in [0.5, 0.6) is 0 Å². The first-order chi connectivity index (χ1) is 7.89. The van der Waals surface area contributed by atoms with Crippen LogP contribution < -0.4 is 5.73 Å². The molecule has 0 saturated carbocycles. The Bertz CT molecular complexity index is 253. The molecule has 2 rings (SSSR count). The summed E-state index contributed by atoms with van der Waals surface area (Å²) in [6, 6.07) is 0. The number of hydrogen-bond acceptors (Lipinski definition) is 3. The van der Waals surface area contributed by atoms with Crippen LogP contribution in [-0.2, 0) is 4.74 Å². The highest BCUT2D eigenvalue weighted by Gasteiger charge is 2.36. The summed E-state index contributed by atoms with van der Waals surface area (Å²) in [5.41, 5.74) is 6.91. The molecule has 2 aliphatic heterocycles. The maximum absolute atomic E-state index is 6.47. The largest absolute Gasteiger partial charge is 0.381 e. The van der Waals surface area contributed by atoms with E-state index in [1.807, 2.05) is 0 Å². The summed E-state index contributed by atoms with van der Waals surface area (Å²) in [6.45, 7) is 12.3. The average Bonchev–Trinajstić information content (AvgIpc) is 2.66. The van der Waals surface area contributed by atoms with Crippen molar-refractivity contribution in [2.45, 2.75) is 45.6 Å². The second kappa shape index (κ2) is 4.87. The summed E-state index contributed by atoms with van der Waals surface area (Å²) >= 11 is 0. The molecule has 2 fully saturated rings. The molecule has 0 aromatic rings. The van der Waals surface area contributed by atoms with Gasteiger partial charge in [-0.1, -0.05) is 20.8 Å². The van der Waals surface area contributed by atoms with Crippen molar-refractivity contribution in [1.29, 1.82) is 0 Å². The molecule has 0 amide bonds. The fourth-order valence-electron chi connectivity index (χ4n) is 3.06. The number of likely N-dealkylation sites (tertiary alicyclic amines) is 1. The van der Waals surface area contributed by atoms with Crippen molar-refractivity contribution >= 4 is 0 Å². The molecule has 3 nitrogen and oxygen atoms in total. The van der Waals surface area contributed by atoms with Gasteiger partial charge in [0.25, 0.3) is 0 Å². The number of hydrogen-bond donors (Lipinski definition) is 1. The summed E-state index contributed by atoms with van der Waals surface area (Å²) in [5, 5.41) is 0. The summed E-state index contributed by atoms with van der Waals surface area (Å²) < 4.78 is 5.41. The molecule has 3 heteroatoms. The lowest BCUT2D eigenvalue weighted by Gasteiger charge is -2.37. The minimum atomic E-state index is 0.00498. The van der Waals surface area contributed by atoms with Crippen molar-refractivity contribution in [3.05, 3.63) is 0 Å². The molecule has 1 unspecified atom stereocenters. The molecular formula is C14H28N2O. The first-order valence-corrected chi connectivity index (χ1v) is 6.98. The van der Waals surface area contributed by atoms with E-state index in [1.165, 1.54) is 19.5 Å². The fraction of sp³-hybridized carbons (Fsp3) is 1.00. The Balaban J connectivity index is 1.85. The zero-order valence-electron chi connectivity index (χ0n) is 11.7. The molecule has 0 radical (unpaired) electrons. The third-order valence-electron chi connectivity index (χ3n) is 4.52. The van der Waals surface area contributed by atoms with Gasteiger partial charge in [-0.05, 0) is 37.1 Å². The Kier molecular flexibility index (Phi) is 3.81. The van der Waals surface area contributed by atoms with Crippen molar-refractivity contribution in [1.82, 2.24) is 4.90 Å². The van der Waals surface area contributed by atoms with E-state index in [1.54, 1.807) is 0 Å². The number of nitrogens with two attached hydrogens (primary N) is 1. The van der Waals surface area contributed by atoms with Crippen molar-refractivity contribution < 1.29 is 4.74 Å². The molecule has 0 aromatic heterocycles. The van der Waals surface area contributed by atoms with E-state index in [0.717, 1.165) is 38.5 Å². The van der Waals surface area contributed by atoms with Crippen LogP contribution in [-0.4, -0.2) is 43.3 Å². The highest BCUT2D eigenvalue weighted by Crippen LogP contribution is 2.34. The molecule has 2 N–H and O–H groups in total. The van der Waals surface area contributed by atoms with Gasteiger partial charge in [-0.3, -0.25) is 0 Å². The Labute approximate surface area is 106 Å². The van der Waals surface area contributed by atoms with Crippen molar-refractivity contribution in [3.63, 3.8) is 0 Å². The van der Waals surface area contributed by atoms with Crippen LogP contribution >= 0.6 is 0 Å². The first-order valence-electron chi connectivity index (χ1n) is 6.98. The van der Waals surface area contributed by atoms with Crippen LogP contribution in [0, 0.1) is 11.3 Å². The number of rotatable bonds is 2. The van der Waals surface area contributed by atoms with Crippen molar-refractivity contribution in [3.8, 4) is 0 Å². The van der Waals surface area contributed by atoms with E-state index >= 15 is 0 Å². The van der Waals surface area contributed by atoms with Gasteiger partial charge in [0.15, 0.2) is 0 Å². The van der Waals surface area contributed by atoms with Crippen LogP contribution in [0.3, 0.4) is 0 Å². The van der Waals surface area contributed by atoms with Gasteiger partial charge in [-0.15, -0.1) is 0 Å². The Hall–Kier alpha value is -0.120. The van der Waals surface area contributed by atoms with Gasteiger partial charge < -0.3 is 15.4 Å². The summed E-state index contributed by atoms with van der Waals surface area (Å²) in [6.07, 6.45) is 3.36. The average molecular weight is 240 g/mol. The van der Waals surface area contributed by atoms with Crippen LogP contribution in [0.4, 0.5) is 0 Å². The molecule has 1 atom stereocenters. The predicted octanol–water partition coefficient (Wildman–Crippen LogP) is 1.86. The summed E-state index contributed by atoms with van der Waals surface area (Å²) in [7, 11) is 0. The minimum Gasteiger partial charge on any atom is -0.381 e. The molecule has 0 spiro atoms. The maximum atomic E-state index is 6.47. The molecule has 100 valence electrons. The lowest BCUT2D eigenvalue weighted by atomic mass is 9.80. The summed E-state index contributed by atoms with van der Waals surface area (Å²) in [5.74, 6) is 0.825. The van der Waals surface area contributed by atoms with Crippen LogP contribution in [0.2, 0.25) is 0 Å².